The van der Waals surface area contributed by atoms with Crippen LogP contribution >= 0.6 is 0 Å². The van der Waals surface area contributed by atoms with Gasteiger partial charge in [-0.3, -0.25) is 4.79 Å². The number of ketones is 1. The van der Waals surface area contributed by atoms with Gasteiger partial charge < -0.3 is 69.3 Å². The number of rotatable bonds is 49. The van der Waals surface area contributed by atoms with Crippen molar-refractivity contribution in [1.82, 2.24) is 0 Å². The second-order valence-electron chi connectivity index (χ2n) is 27.6. The second-order valence-corrected chi connectivity index (χ2v) is 27.6. The van der Waals surface area contributed by atoms with Crippen LogP contribution < -0.4 is 0 Å². The molecule has 18 atom stereocenters. The summed E-state index contributed by atoms with van der Waals surface area (Å²) in [4.78, 5) is 12.8. The quantitative estimate of drug-likeness (QED) is 0.0209. The number of hydrogen-bond acceptors (Lipinski definition) is 15. The second kappa shape index (κ2) is 41.1. The SMILES string of the molecule is C=CCCCCCCCCCCCCCCCCCCCCC[C@@H]1CC[C@]2(C[C@@H](O)[C@H](C[C@@H](O)C[C@@H](C)CCC[C@@H]3CC[C@]4(C[C@@H](O)[C@H](C[C@@H](O)C[C@H]5O[C@@H](C[C@@H](O)CC(=O)C[C@@H](O)CC(=C)CCCCCCC)[C@H](O)[C@@H](OC)[C@@H]5O)O4)O3)O2)O1. The van der Waals surface area contributed by atoms with E-state index in [1.54, 1.807) is 0 Å². The van der Waals surface area contributed by atoms with Crippen molar-refractivity contribution in [3.05, 3.63) is 24.8 Å². The van der Waals surface area contributed by atoms with Crippen molar-refractivity contribution in [2.24, 2.45) is 5.92 Å². The maximum Gasteiger partial charge on any atom is 0.171 e. The molecule has 8 N–H and O–H groups in total. The molecule has 5 saturated heterocycles. The molecule has 0 unspecified atom stereocenters. The van der Waals surface area contributed by atoms with E-state index < -0.39 is 90.9 Å². The number of hydrogen-bond donors (Lipinski definition) is 8. The summed E-state index contributed by atoms with van der Waals surface area (Å²) in [7, 11) is 1.35. The van der Waals surface area contributed by atoms with Crippen LogP contribution in [0.3, 0.4) is 0 Å². The first-order valence-electron chi connectivity index (χ1n) is 35.1. The van der Waals surface area contributed by atoms with Crippen molar-refractivity contribution < 1.29 is 74.1 Å². The highest BCUT2D eigenvalue weighted by atomic mass is 16.7. The lowest BCUT2D eigenvalue weighted by molar-refractivity contribution is -0.241. The van der Waals surface area contributed by atoms with Gasteiger partial charge in [0.1, 0.15) is 24.1 Å². The molecule has 0 aromatic carbocycles. The van der Waals surface area contributed by atoms with Gasteiger partial charge in [-0.05, 0) is 70.1 Å². The van der Waals surface area contributed by atoms with E-state index in [0.717, 1.165) is 69.8 Å². The lowest BCUT2D eigenvalue weighted by Gasteiger charge is -2.43. The number of Topliss-reactive ketones (excluding diaryl/α,β-unsaturated/α-hetero) is 1. The molecule has 15 heteroatoms. The lowest BCUT2D eigenvalue weighted by Crippen LogP contribution is -2.59. The summed E-state index contributed by atoms with van der Waals surface area (Å²) in [6.45, 7) is 12.2. The topological polar surface area (TPSA) is 234 Å². The molecule has 0 aliphatic carbocycles. The predicted molar refractivity (Wildman–Crippen MR) is 335 cm³/mol. The van der Waals surface area contributed by atoms with Crippen LogP contribution in [-0.2, 0) is 33.2 Å². The maximum absolute atomic E-state index is 12.8. The molecule has 85 heavy (non-hydrogen) atoms. The van der Waals surface area contributed by atoms with Crippen LogP contribution in [-0.4, -0.2) is 157 Å². The molecule has 5 fully saturated rings. The van der Waals surface area contributed by atoms with Gasteiger partial charge >= 0.3 is 0 Å². The first kappa shape index (κ1) is 74.3. The molecule has 5 rings (SSSR count). The monoisotopic (exact) mass is 1210 g/mol. The van der Waals surface area contributed by atoms with Gasteiger partial charge in [0.25, 0.3) is 0 Å². The largest absolute Gasteiger partial charge is 0.393 e. The third kappa shape index (κ3) is 27.9. The Morgan fingerprint density at radius 1 is 0.553 bits per heavy atom. The zero-order valence-electron chi connectivity index (χ0n) is 53.8. The highest BCUT2D eigenvalue weighted by Crippen LogP contribution is 2.46. The van der Waals surface area contributed by atoms with E-state index in [9.17, 15) is 45.6 Å². The van der Waals surface area contributed by atoms with Crippen LogP contribution in [0.2, 0.25) is 0 Å². The summed E-state index contributed by atoms with van der Waals surface area (Å²) < 4.78 is 37.4. The summed E-state index contributed by atoms with van der Waals surface area (Å²) in [5.41, 5.74) is 0.902. The number of carbonyl (C=O) groups excluding carboxylic acids is 1. The minimum atomic E-state index is -1.32. The van der Waals surface area contributed by atoms with E-state index in [2.05, 4.69) is 27.0 Å². The van der Waals surface area contributed by atoms with Crippen LogP contribution in [0.4, 0.5) is 0 Å². The van der Waals surface area contributed by atoms with Crippen LogP contribution in [0.1, 0.15) is 296 Å². The van der Waals surface area contributed by atoms with E-state index in [0.29, 0.717) is 32.1 Å². The Labute approximate surface area is 515 Å². The molecular formula is C70H126O15. The van der Waals surface area contributed by atoms with Gasteiger partial charge in [0.05, 0.1) is 73.2 Å². The highest BCUT2D eigenvalue weighted by molar-refractivity contribution is 5.79. The average molecular weight is 1210 g/mol. The summed E-state index contributed by atoms with van der Waals surface area (Å²) in [6.07, 6.45) is 31.8. The van der Waals surface area contributed by atoms with Gasteiger partial charge in [-0.15, -0.1) is 6.58 Å². The fourth-order valence-electron chi connectivity index (χ4n) is 14.7. The smallest absolute Gasteiger partial charge is 0.171 e. The molecule has 0 aromatic rings. The summed E-state index contributed by atoms with van der Waals surface area (Å²) in [6, 6.07) is 0. The fraction of sp³-hybridized carbons (Fsp3) is 0.929. The number of aliphatic hydroxyl groups excluding tert-OH is 8. The molecule has 5 aliphatic rings. The average Bonchev–Trinajstić information content (AvgIpc) is 3.20. The van der Waals surface area contributed by atoms with Crippen molar-refractivity contribution in [3.8, 4) is 0 Å². The number of ether oxygens (including phenoxy) is 6. The standard InChI is InChI=1S/C70H126O15/c1-6-8-10-12-13-14-15-16-17-18-19-20-21-22-23-24-25-26-27-29-31-35-58-37-39-69(82-58)49-60(76)62(84-69)45-54(72)42-52(4)34-32-36-59-38-40-70(83-59)50-61(77)63(85-70)46-57(75)48-65-67(79)68(80-5)66(78)64(81-65)47-56(74)44-55(73)43-53(71)41-51(3)33-30-28-11-9-7-2/h6,52-54,56-68,71-72,74-79H,1,3,7-50H2,2,4-5H3/t52-,53-,54-,56-,57+,58+,59+,60+,61+,62-,63-,64-,65+,66-,67+,68+,69-,70-/m0/s1. The molecule has 0 saturated carbocycles. The van der Waals surface area contributed by atoms with Crippen LogP contribution in [0.15, 0.2) is 24.8 Å². The summed E-state index contributed by atoms with van der Waals surface area (Å²) in [5, 5.41) is 88.4. The Kier molecular flexibility index (Phi) is 36.0. The first-order chi connectivity index (χ1) is 41.0. The Morgan fingerprint density at radius 2 is 0.988 bits per heavy atom. The zero-order chi connectivity index (χ0) is 61.5. The van der Waals surface area contributed by atoms with Gasteiger partial charge in [0.15, 0.2) is 11.6 Å². The molecule has 15 nitrogen and oxygen atoms in total. The number of unbranched alkanes of at least 4 members (excludes halogenated alkanes) is 23. The van der Waals surface area contributed by atoms with Crippen LogP contribution in [0, 0.1) is 5.92 Å². The third-order valence-corrected chi connectivity index (χ3v) is 19.6. The number of allylic oxidation sites excluding steroid dienone is 1. The van der Waals surface area contributed by atoms with Crippen LogP contribution in [0.5, 0.6) is 0 Å². The summed E-state index contributed by atoms with van der Waals surface area (Å²) >= 11 is 0. The lowest BCUT2D eigenvalue weighted by atomic mass is 9.88. The molecule has 2 spiro atoms. The minimum absolute atomic E-state index is 0.0508. The Morgan fingerprint density at radius 3 is 1.49 bits per heavy atom. The van der Waals surface area contributed by atoms with E-state index in [1.165, 1.54) is 155 Å². The van der Waals surface area contributed by atoms with E-state index in [1.807, 2.05) is 6.08 Å². The molecular weight excluding hydrogens is 1080 g/mol. The molecule has 0 bridgehead atoms. The van der Waals surface area contributed by atoms with Gasteiger partial charge in [0.2, 0.25) is 0 Å². The number of aliphatic hydroxyl groups is 8. The molecule has 496 valence electrons. The molecule has 0 amide bonds. The molecule has 0 aromatic heterocycles. The summed E-state index contributed by atoms with van der Waals surface area (Å²) in [5.74, 6) is -1.75. The van der Waals surface area contributed by atoms with E-state index in [4.69, 9.17) is 28.4 Å². The minimum Gasteiger partial charge on any atom is -0.393 e. The van der Waals surface area contributed by atoms with Crippen LogP contribution in [0.25, 0.3) is 0 Å². The zero-order valence-corrected chi connectivity index (χ0v) is 53.8. The number of carbonyl (C=O) groups is 1. The normalized spacial score (nSPS) is 31.3. The van der Waals surface area contributed by atoms with Gasteiger partial charge in [-0.2, -0.15) is 0 Å². The van der Waals surface area contributed by atoms with Crippen molar-refractivity contribution in [1.29, 1.82) is 0 Å². The van der Waals surface area contributed by atoms with Gasteiger partial charge in [0, 0.05) is 71.3 Å². The van der Waals surface area contributed by atoms with Gasteiger partial charge in [-0.1, -0.05) is 186 Å². The third-order valence-electron chi connectivity index (χ3n) is 19.6. The van der Waals surface area contributed by atoms with Crippen molar-refractivity contribution in [2.75, 3.05) is 7.11 Å². The molecule has 5 heterocycles. The van der Waals surface area contributed by atoms with Gasteiger partial charge in [-0.25, -0.2) is 0 Å². The Balaban J connectivity index is 0.884. The predicted octanol–water partition coefficient (Wildman–Crippen LogP) is 12.8. The van der Waals surface area contributed by atoms with E-state index in [-0.39, 0.29) is 62.4 Å². The Hall–Kier alpha value is -1.41. The van der Waals surface area contributed by atoms with Crippen molar-refractivity contribution in [3.63, 3.8) is 0 Å². The molecule has 0 radical (unpaired) electrons. The van der Waals surface area contributed by atoms with E-state index >= 15 is 0 Å². The van der Waals surface area contributed by atoms with Crippen molar-refractivity contribution in [2.45, 2.75) is 399 Å². The highest BCUT2D eigenvalue weighted by Gasteiger charge is 2.53. The fourth-order valence-corrected chi connectivity index (χ4v) is 14.7. The number of methoxy groups -OCH3 is 1. The first-order valence-corrected chi connectivity index (χ1v) is 35.1. The molecule has 5 aliphatic heterocycles. The maximum atomic E-state index is 12.8. The Bertz CT molecular complexity index is 1790. The van der Waals surface area contributed by atoms with Crippen molar-refractivity contribution >= 4 is 5.78 Å².